The maximum atomic E-state index is 10.6. The average Bonchev–Trinajstić information content (AvgIpc) is 1.87. The molecule has 0 radical (unpaired) electrons. The highest BCUT2D eigenvalue weighted by atomic mass is 16.5. The van der Waals surface area contributed by atoms with Gasteiger partial charge in [0.05, 0.1) is 6.61 Å². The minimum Gasteiger partial charge on any atom is -0.462 e. The van der Waals surface area contributed by atoms with Crippen LogP contribution in [-0.2, 0) is 14.3 Å². The van der Waals surface area contributed by atoms with E-state index in [1.807, 2.05) is 0 Å². The highest BCUT2D eigenvalue weighted by Gasteiger charge is 2.12. The number of carbonyl (C=O) groups excluding carboxylic acids is 2. The van der Waals surface area contributed by atoms with E-state index in [1.165, 1.54) is 0 Å². The number of nitrogens with two attached hydrogens (primary N) is 1. The fourth-order valence-corrected chi connectivity index (χ4v) is 0.319. The number of carbonyl (C=O) groups is 2. The predicted molar refractivity (Wildman–Crippen MR) is 35.0 cm³/mol. The quantitative estimate of drug-likeness (QED) is 0.253. The number of esters is 1. The van der Waals surface area contributed by atoms with E-state index in [-0.39, 0.29) is 12.2 Å². The van der Waals surface area contributed by atoms with Gasteiger partial charge in [0.1, 0.15) is 5.57 Å². The smallest absolute Gasteiger partial charge is 0.343 e. The third-order valence-corrected chi connectivity index (χ3v) is 0.819. The van der Waals surface area contributed by atoms with Crippen molar-refractivity contribution >= 4 is 11.9 Å². The van der Waals surface area contributed by atoms with Crippen molar-refractivity contribution < 1.29 is 14.3 Å². The van der Waals surface area contributed by atoms with Gasteiger partial charge in [0.2, 0.25) is 0 Å². The molecule has 0 spiro atoms. The van der Waals surface area contributed by atoms with Gasteiger partial charge >= 0.3 is 5.97 Å². The van der Waals surface area contributed by atoms with Crippen LogP contribution in [0.1, 0.15) is 6.92 Å². The third-order valence-electron chi connectivity index (χ3n) is 0.819. The summed E-state index contributed by atoms with van der Waals surface area (Å²) in [5, 5.41) is 0. The monoisotopic (exact) mass is 143 g/mol. The zero-order valence-electron chi connectivity index (χ0n) is 5.72. The van der Waals surface area contributed by atoms with Gasteiger partial charge < -0.3 is 10.5 Å². The second-order valence-electron chi connectivity index (χ2n) is 1.56. The Morgan fingerprint density at radius 3 is 2.40 bits per heavy atom. The molecule has 0 aliphatic carbocycles. The van der Waals surface area contributed by atoms with Crippen molar-refractivity contribution in [1.82, 2.24) is 0 Å². The molecule has 0 unspecified atom stereocenters. The van der Waals surface area contributed by atoms with E-state index in [9.17, 15) is 9.59 Å². The van der Waals surface area contributed by atoms with Gasteiger partial charge in [-0.25, -0.2) is 4.79 Å². The van der Waals surface area contributed by atoms with Crippen LogP contribution in [0.4, 0.5) is 0 Å². The fourth-order valence-electron chi connectivity index (χ4n) is 0.319. The largest absolute Gasteiger partial charge is 0.462 e. The SMILES string of the molecule is C=C(C(N)=O)C(=O)OCC. The van der Waals surface area contributed by atoms with Gasteiger partial charge in [0.25, 0.3) is 5.91 Å². The van der Waals surface area contributed by atoms with Gasteiger partial charge in [-0.3, -0.25) is 4.79 Å². The molecule has 0 saturated heterocycles. The van der Waals surface area contributed by atoms with Crippen LogP contribution in [-0.4, -0.2) is 18.5 Å². The Labute approximate surface area is 58.7 Å². The molecule has 0 aromatic heterocycles. The summed E-state index contributed by atoms with van der Waals surface area (Å²) >= 11 is 0. The summed E-state index contributed by atoms with van der Waals surface area (Å²) in [7, 11) is 0. The Kier molecular flexibility index (Phi) is 3.17. The Morgan fingerprint density at radius 2 is 2.10 bits per heavy atom. The van der Waals surface area contributed by atoms with Crippen molar-refractivity contribution in [2.45, 2.75) is 6.92 Å². The first kappa shape index (κ1) is 8.68. The summed E-state index contributed by atoms with van der Waals surface area (Å²) in [6.07, 6.45) is 0. The van der Waals surface area contributed by atoms with Crippen LogP contribution >= 0.6 is 0 Å². The number of primary amides is 1. The minimum atomic E-state index is -0.849. The van der Waals surface area contributed by atoms with Crippen molar-refractivity contribution in [2.75, 3.05) is 6.61 Å². The fraction of sp³-hybridized carbons (Fsp3) is 0.333. The first-order valence-corrected chi connectivity index (χ1v) is 2.75. The molecule has 56 valence electrons. The first-order chi connectivity index (χ1) is 4.59. The summed E-state index contributed by atoms with van der Waals surface area (Å²) in [5.74, 6) is -1.60. The van der Waals surface area contributed by atoms with E-state index in [2.05, 4.69) is 11.3 Å². The molecule has 10 heavy (non-hydrogen) atoms. The molecule has 4 heteroatoms. The minimum absolute atomic E-state index is 0.213. The van der Waals surface area contributed by atoms with E-state index in [1.54, 1.807) is 6.92 Å². The van der Waals surface area contributed by atoms with Crippen LogP contribution < -0.4 is 5.73 Å². The normalized spacial score (nSPS) is 8.50. The maximum Gasteiger partial charge on any atom is 0.343 e. The predicted octanol–water partition coefficient (Wildman–Crippen LogP) is -0.409. The van der Waals surface area contributed by atoms with E-state index in [0.717, 1.165) is 0 Å². The van der Waals surface area contributed by atoms with Crippen molar-refractivity contribution in [1.29, 1.82) is 0 Å². The number of hydrogen-bond donors (Lipinski definition) is 1. The van der Waals surface area contributed by atoms with Crippen molar-refractivity contribution in [2.24, 2.45) is 5.73 Å². The number of amides is 1. The third kappa shape index (κ3) is 2.30. The van der Waals surface area contributed by atoms with Gasteiger partial charge in [0.15, 0.2) is 0 Å². The van der Waals surface area contributed by atoms with Crippen LogP contribution in [0, 0.1) is 0 Å². The van der Waals surface area contributed by atoms with Gasteiger partial charge in [-0.2, -0.15) is 0 Å². The second-order valence-corrected chi connectivity index (χ2v) is 1.56. The molecule has 0 fully saturated rings. The summed E-state index contributed by atoms with van der Waals surface area (Å²) in [6.45, 7) is 4.97. The summed E-state index contributed by atoms with van der Waals surface area (Å²) in [5.41, 5.74) is 4.41. The zero-order chi connectivity index (χ0) is 8.15. The standard InChI is InChI=1S/C6H9NO3/c1-3-10-6(9)4(2)5(7)8/h2-3H2,1H3,(H2,7,8). The lowest BCUT2D eigenvalue weighted by atomic mass is 10.3. The number of rotatable bonds is 3. The van der Waals surface area contributed by atoms with Crippen LogP contribution in [0.5, 0.6) is 0 Å². The van der Waals surface area contributed by atoms with E-state index >= 15 is 0 Å². The molecule has 2 N–H and O–H groups in total. The van der Waals surface area contributed by atoms with Crippen LogP contribution in [0.15, 0.2) is 12.2 Å². The summed E-state index contributed by atoms with van der Waals surface area (Å²) < 4.78 is 4.43. The highest BCUT2D eigenvalue weighted by Crippen LogP contribution is 1.91. The number of hydrogen-bond acceptors (Lipinski definition) is 3. The molecule has 0 aliphatic rings. The second kappa shape index (κ2) is 3.66. The summed E-state index contributed by atoms with van der Waals surface area (Å²) in [6, 6.07) is 0. The Morgan fingerprint density at radius 1 is 1.60 bits per heavy atom. The lowest BCUT2D eigenvalue weighted by molar-refractivity contribution is -0.139. The molecule has 0 atom stereocenters. The summed E-state index contributed by atoms with van der Waals surface area (Å²) in [4.78, 5) is 20.8. The van der Waals surface area contributed by atoms with E-state index in [0.29, 0.717) is 0 Å². The van der Waals surface area contributed by atoms with E-state index < -0.39 is 11.9 Å². The molecule has 0 aliphatic heterocycles. The Bertz CT molecular complexity index is 174. The highest BCUT2D eigenvalue weighted by molar-refractivity contribution is 6.15. The lowest BCUT2D eigenvalue weighted by Gasteiger charge is -1.99. The molecule has 4 nitrogen and oxygen atoms in total. The number of ether oxygens (including phenoxy) is 1. The van der Waals surface area contributed by atoms with Gasteiger partial charge in [-0.15, -0.1) is 0 Å². The molecule has 0 rings (SSSR count). The zero-order valence-corrected chi connectivity index (χ0v) is 5.72. The molecular formula is C6H9NO3. The maximum absolute atomic E-state index is 10.6. The van der Waals surface area contributed by atoms with Crippen LogP contribution in [0.25, 0.3) is 0 Å². The first-order valence-electron chi connectivity index (χ1n) is 2.75. The van der Waals surface area contributed by atoms with Crippen LogP contribution in [0.3, 0.4) is 0 Å². The van der Waals surface area contributed by atoms with Crippen molar-refractivity contribution in [3.05, 3.63) is 12.2 Å². The van der Waals surface area contributed by atoms with Gasteiger partial charge in [-0.1, -0.05) is 6.58 Å². The van der Waals surface area contributed by atoms with Crippen molar-refractivity contribution in [3.63, 3.8) is 0 Å². The molecule has 0 saturated carbocycles. The molecule has 0 heterocycles. The lowest BCUT2D eigenvalue weighted by Crippen LogP contribution is -2.21. The van der Waals surface area contributed by atoms with Crippen LogP contribution in [0.2, 0.25) is 0 Å². The van der Waals surface area contributed by atoms with Crippen molar-refractivity contribution in [3.8, 4) is 0 Å². The Balaban J connectivity index is 3.96. The average molecular weight is 143 g/mol. The van der Waals surface area contributed by atoms with Gasteiger partial charge in [-0.05, 0) is 6.92 Å². The van der Waals surface area contributed by atoms with Gasteiger partial charge in [0, 0.05) is 0 Å². The topological polar surface area (TPSA) is 69.4 Å². The molecular weight excluding hydrogens is 134 g/mol. The molecule has 0 bridgehead atoms. The molecule has 0 aromatic rings. The van der Waals surface area contributed by atoms with E-state index in [4.69, 9.17) is 5.73 Å². The Hall–Kier alpha value is -1.32. The molecule has 0 aromatic carbocycles. The molecule has 1 amide bonds.